The quantitative estimate of drug-likeness (QED) is 0.880. The van der Waals surface area contributed by atoms with Gasteiger partial charge in [-0.1, -0.05) is 6.07 Å². The highest BCUT2D eigenvalue weighted by molar-refractivity contribution is 7.89. The molecule has 1 aromatic heterocycles. The van der Waals surface area contributed by atoms with Gasteiger partial charge in [-0.15, -0.1) is 0 Å². The lowest BCUT2D eigenvalue weighted by Crippen LogP contribution is -2.23. The topological polar surface area (TPSA) is 88.2 Å². The second kappa shape index (κ2) is 6.67. The summed E-state index contributed by atoms with van der Waals surface area (Å²) in [7, 11) is -3.63. The van der Waals surface area contributed by atoms with Crippen LogP contribution in [-0.4, -0.2) is 19.3 Å². The summed E-state index contributed by atoms with van der Waals surface area (Å²) in [6.07, 6.45) is 1.61. The van der Waals surface area contributed by atoms with Crippen molar-refractivity contribution in [2.75, 3.05) is 5.32 Å². The molecule has 2 aromatic rings. The fourth-order valence-electron chi connectivity index (χ4n) is 1.89. The van der Waals surface area contributed by atoms with Crippen molar-refractivity contribution in [1.29, 1.82) is 0 Å². The molecule has 0 atom stereocenters. The van der Waals surface area contributed by atoms with Crippen LogP contribution in [0.5, 0.6) is 0 Å². The number of sulfonamides is 1. The Bertz CT molecular complexity index is 774. The first-order valence-corrected chi connectivity index (χ1v) is 8.14. The molecule has 7 heteroatoms. The summed E-state index contributed by atoms with van der Waals surface area (Å²) in [5, 5.41) is 2.65. The molecule has 0 saturated carbocycles. The number of anilines is 1. The molecule has 0 spiro atoms. The van der Waals surface area contributed by atoms with Crippen molar-refractivity contribution in [2.45, 2.75) is 25.3 Å². The first-order valence-electron chi connectivity index (χ1n) is 6.66. The summed E-state index contributed by atoms with van der Waals surface area (Å²) in [5.74, 6) is -0.202. The Balaban J connectivity index is 2.15. The molecule has 2 N–H and O–H groups in total. The van der Waals surface area contributed by atoms with Crippen LogP contribution in [0.3, 0.4) is 0 Å². The lowest BCUT2D eigenvalue weighted by Gasteiger charge is -2.10. The molecule has 0 aliphatic carbocycles. The van der Waals surface area contributed by atoms with Gasteiger partial charge in [-0.05, 0) is 42.8 Å². The van der Waals surface area contributed by atoms with E-state index in [1.807, 2.05) is 0 Å². The number of carbonyl (C=O) groups excluding carboxylic acids is 1. The van der Waals surface area contributed by atoms with Crippen LogP contribution in [0.1, 0.15) is 18.2 Å². The number of aryl methyl sites for hydroxylation is 1. The lowest BCUT2D eigenvalue weighted by molar-refractivity contribution is -0.114. The van der Waals surface area contributed by atoms with Gasteiger partial charge in [0.25, 0.3) is 0 Å². The van der Waals surface area contributed by atoms with Crippen molar-refractivity contribution in [3.63, 3.8) is 0 Å². The van der Waals surface area contributed by atoms with E-state index < -0.39 is 10.0 Å². The average Bonchev–Trinajstić information content (AvgIpc) is 2.48. The predicted molar refractivity (Wildman–Crippen MR) is 83.7 cm³/mol. The first kappa shape index (κ1) is 16.1. The number of nitrogens with zero attached hydrogens (tertiary/aromatic N) is 1. The predicted octanol–water partition coefficient (Wildman–Crippen LogP) is 1.83. The van der Waals surface area contributed by atoms with Gasteiger partial charge in [-0.25, -0.2) is 13.1 Å². The number of nitrogens with one attached hydrogen (secondary N) is 2. The minimum atomic E-state index is -3.63. The molecule has 1 amide bonds. The number of aromatic nitrogens is 1. The third-order valence-corrected chi connectivity index (χ3v) is 4.39. The maximum Gasteiger partial charge on any atom is 0.240 e. The Hall–Kier alpha value is -2.25. The number of rotatable bonds is 5. The van der Waals surface area contributed by atoms with Crippen LogP contribution in [0.25, 0.3) is 0 Å². The van der Waals surface area contributed by atoms with Gasteiger partial charge in [0, 0.05) is 18.8 Å². The van der Waals surface area contributed by atoms with Crippen LogP contribution in [0.4, 0.5) is 5.69 Å². The highest BCUT2D eigenvalue weighted by Crippen LogP contribution is 2.19. The zero-order valence-corrected chi connectivity index (χ0v) is 13.1. The Labute approximate surface area is 129 Å². The standard InChI is InChI=1S/C15H17N3O3S/c1-11-9-14(6-7-15(11)18-12(2)19)22(20,21)17-10-13-5-3-4-8-16-13/h3-9,17H,10H2,1-2H3,(H,18,19). The van der Waals surface area contributed by atoms with E-state index in [-0.39, 0.29) is 17.3 Å². The summed E-state index contributed by atoms with van der Waals surface area (Å²) in [5.41, 5.74) is 1.91. The smallest absolute Gasteiger partial charge is 0.240 e. The van der Waals surface area contributed by atoms with Gasteiger partial charge in [0.15, 0.2) is 0 Å². The molecule has 1 aromatic carbocycles. The minimum absolute atomic E-state index is 0.121. The van der Waals surface area contributed by atoms with Crippen molar-refractivity contribution < 1.29 is 13.2 Å². The molecule has 6 nitrogen and oxygen atoms in total. The van der Waals surface area contributed by atoms with Gasteiger partial charge in [-0.2, -0.15) is 0 Å². The molecule has 0 unspecified atom stereocenters. The Kier molecular flexibility index (Phi) is 4.89. The summed E-state index contributed by atoms with van der Waals surface area (Å²) in [6, 6.07) is 9.86. The first-order chi connectivity index (χ1) is 10.4. The van der Waals surface area contributed by atoms with E-state index >= 15 is 0 Å². The van der Waals surface area contributed by atoms with E-state index in [1.54, 1.807) is 37.4 Å². The summed E-state index contributed by atoms with van der Waals surface area (Å²) < 4.78 is 27.0. The van der Waals surface area contributed by atoms with E-state index in [1.165, 1.54) is 19.1 Å². The van der Waals surface area contributed by atoms with Gasteiger partial charge < -0.3 is 5.32 Å². The summed E-state index contributed by atoms with van der Waals surface area (Å²) in [4.78, 5) is 15.3. The highest BCUT2D eigenvalue weighted by Gasteiger charge is 2.15. The number of amides is 1. The molecule has 0 bridgehead atoms. The SMILES string of the molecule is CC(=O)Nc1ccc(S(=O)(=O)NCc2ccccn2)cc1C. The van der Waals surface area contributed by atoms with E-state index in [2.05, 4.69) is 15.0 Å². The second-order valence-electron chi connectivity index (χ2n) is 4.80. The number of hydrogen-bond donors (Lipinski definition) is 2. The van der Waals surface area contributed by atoms with Crippen LogP contribution in [0, 0.1) is 6.92 Å². The molecular formula is C15H17N3O3S. The molecule has 0 aliphatic rings. The maximum atomic E-state index is 12.3. The van der Waals surface area contributed by atoms with Gasteiger partial charge in [0.2, 0.25) is 15.9 Å². The molecule has 2 rings (SSSR count). The summed E-state index contributed by atoms with van der Waals surface area (Å²) >= 11 is 0. The number of carbonyl (C=O) groups is 1. The van der Waals surface area contributed by atoms with E-state index in [9.17, 15) is 13.2 Å². The zero-order chi connectivity index (χ0) is 16.2. The molecule has 0 aliphatic heterocycles. The van der Waals surface area contributed by atoms with Crippen molar-refractivity contribution in [2.24, 2.45) is 0 Å². The van der Waals surface area contributed by atoms with Crippen LogP contribution in [0.2, 0.25) is 0 Å². The van der Waals surface area contributed by atoms with E-state index in [4.69, 9.17) is 0 Å². The monoisotopic (exact) mass is 319 g/mol. The van der Waals surface area contributed by atoms with E-state index in [0.29, 0.717) is 16.9 Å². The molecule has 0 fully saturated rings. The highest BCUT2D eigenvalue weighted by atomic mass is 32.2. The normalized spacial score (nSPS) is 11.2. The molecule has 1 heterocycles. The van der Waals surface area contributed by atoms with Gasteiger partial charge in [0.05, 0.1) is 17.1 Å². The maximum absolute atomic E-state index is 12.3. The molecule has 0 saturated heterocycles. The van der Waals surface area contributed by atoms with E-state index in [0.717, 1.165) is 0 Å². The van der Waals surface area contributed by atoms with Crippen LogP contribution in [-0.2, 0) is 21.4 Å². The van der Waals surface area contributed by atoms with Crippen molar-refractivity contribution in [3.05, 3.63) is 53.9 Å². The third kappa shape index (κ3) is 4.12. The zero-order valence-electron chi connectivity index (χ0n) is 12.3. The van der Waals surface area contributed by atoms with Gasteiger partial charge >= 0.3 is 0 Å². The average molecular weight is 319 g/mol. The Morgan fingerprint density at radius 2 is 2.00 bits per heavy atom. The molecule has 0 radical (unpaired) electrons. The van der Waals surface area contributed by atoms with Crippen molar-refractivity contribution in [3.8, 4) is 0 Å². The number of hydrogen-bond acceptors (Lipinski definition) is 4. The molecule has 22 heavy (non-hydrogen) atoms. The van der Waals surface area contributed by atoms with Crippen LogP contribution in [0.15, 0.2) is 47.5 Å². The minimum Gasteiger partial charge on any atom is -0.326 e. The van der Waals surface area contributed by atoms with Gasteiger partial charge in [0.1, 0.15) is 0 Å². The fourth-order valence-corrected chi connectivity index (χ4v) is 2.97. The number of benzene rings is 1. The fraction of sp³-hybridized carbons (Fsp3) is 0.200. The Morgan fingerprint density at radius 1 is 1.23 bits per heavy atom. The largest absolute Gasteiger partial charge is 0.326 e. The van der Waals surface area contributed by atoms with Crippen LogP contribution >= 0.6 is 0 Å². The number of pyridine rings is 1. The van der Waals surface area contributed by atoms with Gasteiger partial charge in [-0.3, -0.25) is 9.78 Å². The third-order valence-electron chi connectivity index (χ3n) is 2.99. The van der Waals surface area contributed by atoms with Crippen molar-refractivity contribution in [1.82, 2.24) is 9.71 Å². The van der Waals surface area contributed by atoms with Crippen molar-refractivity contribution >= 4 is 21.6 Å². The molecular weight excluding hydrogens is 302 g/mol. The van der Waals surface area contributed by atoms with Crippen LogP contribution < -0.4 is 10.0 Å². The summed E-state index contributed by atoms with van der Waals surface area (Å²) in [6.45, 7) is 3.26. The Morgan fingerprint density at radius 3 is 2.59 bits per heavy atom. The lowest BCUT2D eigenvalue weighted by atomic mass is 10.2. The second-order valence-corrected chi connectivity index (χ2v) is 6.57. The molecule has 116 valence electrons.